The summed E-state index contributed by atoms with van der Waals surface area (Å²) in [6.45, 7) is 3.68. The number of hydrogen-bond donors (Lipinski definition) is 2. The minimum atomic E-state index is -0.213. The Balaban J connectivity index is 1.42. The number of halogens is 2. The molecule has 0 radical (unpaired) electrons. The first-order valence-corrected chi connectivity index (χ1v) is 10.1. The van der Waals surface area contributed by atoms with Gasteiger partial charge in [-0.1, -0.05) is 40.2 Å². The fourth-order valence-corrected chi connectivity index (χ4v) is 3.57. The molecule has 1 fully saturated rings. The molecule has 1 aliphatic heterocycles. The van der Waals surface area contributed by atoms with Gasteiger partial charge in [0.1, 0.15) is 5.82 Å². The molecular weight excluding hydrogens is 407 g/mol. The lowest BCUT2D eigenvalue weighted by Gasteiger charge is -2.33. The molecular formula is C21H26BrFN4. The minimum Gasteiger partial charge on any atom is -0.354 e. The van der Waals surface area contributed by atoms with E-state index in [1.165, 1.54) is 11.6 Å². The smallest absolute Gasteiger partial charge is 0.191 e. The number of aliphatic imine (C=N–C) groups is 1. The zero-order valence-corrected chi connectivity index (χ0v) is 17.2. The second kappa shape index (κ2) is 9.85. The first-order valence-electron chi connectivity index (χ1n) is 9.31. The molecule has 2 aromatic carbocycles. The number of benzene rings is 2. The molecule has 144 valence electrons. The fraction of sp³-hybridized carbons (Fsp3) is 0.381. The molecule has 4 nitrogen and oxygen atoms in total. The average Bonchev–Trinajstić information content (AvgIpc) is 2.68. The average molecular weight is 433 g/mol. The molecule has 0 aliphatic carbocycles. The molecule has 1 heterocycles. The second-order valence-electron chi connectivity index (χ2n) is 6.88. The van der Waals surface area contributed by atoms with Crippen molar-refractivity contribution in [2.24, 2.45) is 4.99 Å². The van der Waals surface area contributed by atoms with E-state index >= 15 is 0 Å². The Bertz CT molecular complexity index is 755. The van der Waals surface area contributed by atoms with E-state index in [2.05, 4.69) is 60.7 Å². The molecule has 1 aliphatic rings. The van der Waals surface area contributed by atoms with Gasteiger partial charge in [-0.15, -0.1) is 0 Å². The van der Waals surface area contributed by atoms with Crippen molar-refractivity contribution in [2.45, 2.75) is 32.0 Å². The van der Waals surface area contributed by atoms with Crippen molar-refractivity contribution >= 4 is 21.9 Å². The zero-order chi connectivity index (χ0) is 19.1. The summed E-state index contributed by atoms with van der Waals surface area (Å²) < 4.78 is 14.4. The standard InChI is InChI=1S/C21H26BrFN4/c1-24-21(25-14-17-3-2-4-19(23)13-17)26-20-9-11-27(12-10-20)15-16-5-7-18(22)8-6-16/h2-8,13,20H,9-12,14-15H2,1H3,(H2,24,25,26). The third kappa shape index (κ3) is 6.33. The van der Waals surface area contributed by atoms with Crippen molar-refractivity contribution in [1.29, 1.82) is 0 Å². The van der Waals surface area contributed by atoms with Crippen molar-refractivity contribution in [3.63, 3.8) is 0 Å². The van der Waals surface area contributed by atoms with Gasteiger partial charge in [0.05, 0.1) is 0 Å². The van der Waals surface area contributed by atoms with Crippen LogP contribution in [0.15, 0.2) is 58.0 Å². The number of nitrogens with zero attached hydrogens (tertiary/aromatic N) is 2. The molecule has 3 rings (SSSR count). The van der Waals surface area contributed by atoms with Crippen LogP contribution in [-0.4, -0.2) is 37.0 Å². The Morgan fingerprint density at radius 2 is 1.89 bits per heavy atom. The highest BCUT2D eigenvalue weighted by Gasteiger charge is 2.20. The molecule has 0 atom stereocenters. The summed E-state index contributed by atoms with van der Waals surface area (Å²) in [5.41, 5.74) is 2.25. The van der Waals surface area contributed by atoms with Gasteiger partial charge in [-0.3, -0.25) is 9.89 Å². The van der Waals surface area contributed by atoms with Crippen LogP contribution in [0.5, 0.6) is 0 Å². The molecule has 0 amide bonds. The monoisotopic (exact) mass is 432 g/mol. The second-order valence-corrected chi connectivity index (χ2v) is 7.79. The van der Waals surface area contributed by atoms with Crippen LogP contribution >= 0.6 is 15.9 Å². The van der Waals surface area contributed by atoms with Gasteiger partial charge in [-0.2, -0.15) is 0 Å². The summed E-state index contributed by atoms with van der Waals surface area (Å²) in [7, 11) is 1.77. The maximum absolute atomic E-state index is 13.3. The van der Waals surface area contributed by atoms with Crippen LogP contribution in [0.25, 0.3) is 0 Å². The number of nitrogens with one attached hydrogen (secondary N) is 2. The maximum atomic E-state index is 13.3. The number of likely N-dealkylation sites (tertiary alicyclic amines) is 1. The molecule has 27 heavy (non-hydrogen) atoms. The minimum absolute atomic E-state index is 0.213. The Kier molecular flexibility index (Phi) is 7.24. The normalized spacial score (nSPS) is 16.3. The summed E-state index contributed by atoms with van der Waals surface area (Å²) in [4.78, 5) is 6.79. The number of hydrogen-bond acceptors (Lipinski definition) is 2. The third-order valence-electron chi connectivity index (χ3n) is 4.82. The van der Waals surface area contributed by atoms with E-state index < -0.39 is 0 Å². The first-order chi connectivity index (χ1) is 13.1. The van der Waals surface area contributed by atoms with Gasteiger partial charge in [0.25, 0.3) is 0 Å². The van der Waals surface area contributed by atoms with E-state index in [0.717, 1.165) is 48.5 Å². The predicted molar refractivity (Wildman–Crippen MR) is 112 cm³/mol. The zero-order valence-electron chi connectivity index (χ0n) is 15.6. The molecule has 0 bridgehead atoms. The van der Waals surface area contributed by atoms with Crippen LogP contribution in [0.2, 0.25) is 0 Å². The van der Waals surface area contributed by atoms with Crippen molar-refractivity contribution in [1.82, 2.24) is 15.5 Å². The van der Waals surface area contributed by atoms with E-state index in [1.807, 2.05) is 6.07 Å². The van der Waals surface area contributed by atoms with Gasteiger partial charge in [0.2, 0.25) is 0 Å². The SMILES string of the molecule is CN=C(NCc1cccc(F)c1)NC1CCN(Cc2ccc(Br)cc2)CC1. The molecule has 2 N–H and O–H groups in total. The van der Waals surface area contributed by atoms with Crippen LogP contribution < -0.4 is 10.6 Å². The lowest BCUT2D eigenvalue weighted by molar-refractivity contribution is 0.198. The summed E-state index contributed by atoms with van der Waals surface area (Å²) in [5.74, 6) is 0.556. The molecule has 0 saturated carbocycles. The van der Waals surface area contributed by atoms with E-state index in [-0.39, 0.29) is 5.82 Å². The molecule has 2 aromatic rings. The summed E-state index contributed by atoms with van der Waals surface area (Å²) >= 11 is 3.48. The molecule has 0 aromatic heterocycles. The summed E-state index contributed by atoms with van der Waals surface area (Å²) in [6.07, 6.45) is 2.16. The fourth-order valence-electron chi connectivity index (χ4n) is 3.30. The molecule has 1 saturated heterocycles. The molecule has 6 heteroatoms. The van der Waals surface area contributed by atoms with Crippen LogP contribution in [0.3, 0.4) is 0 Å². The molecule has 0 spiro atoms. The number of guanidine groups is 1. The lowest BCUT2D eigenvalue weighted by Crippen LogP contribution is -2.48. The Hall–Kier alpha value is -1.92. The third-order valence-corrected chi connectivity index (χ3v) is 5.35. The Labute approximate surface area is 169 Å². The van der Waals surface area contributed by atoms with E-state index in [1.54, 1.807) is 19.2 Å². The topological polar surface area (TPSA) is 39.7 Å². The van der Waals surface area contributed by atoms with Crippen LogP contribution in [0.4, 0.5) is 4.39 Å². The van der Waals surface area contributed by atoms with Crippen molar-refractivity contribution in [2.75, 3.05) is 20.1 Å². The highest BCUT2D eigenvalue weighted by atomic mass is 79.9. The number of piperidine rings is 1. The van der Waals surface area contributed by atoms with Crippen LogP contribution in [0.1, 0.15) is 24.0 Å². The Morgan fingerprint density at radius 3 is 2.56 bits per heavy atom. The lowest BCUT2D eigenvalue weighted by atomic mass is 10.0. The van der Waals surface area contributed by atoms with Gasteiger partial charge in [-0.25, -0.2) is 4.39 Å². The van der Waals surface area contributed by atoms with Crippen molar-refractivity contribution < 1.29 is 4.39 Å². The van der Waals surface area contributed by atoms with Crippen LogP contribution in [0, 0.1) is 5.82 Å². The summed E-state index contributed by atoms with van der Waals surface area (Å²) in [5, 5.41) is 6.77. The summed E-state index contributed by atoms with van der Waals surface area (Å²) in [6, 6.07) is 15.6. The predicted octanol–water partition coefficient (Wildman–Crippen LogP) is 3.92. The quantitative estimate of drug-likeness (QED) is 0.555. The Morgan fingerprint density at radius 1 is 1.15 bits per heavy atom. The highest BCUT2D eigenvalue weighted by Crippen LogP contribution is 2.16. The van der Waals surface area contributed by atoms with E-state index in [4.69, 9.17) is 0 Å². The van der Waals surface area contributed by atoms with E-state index in [0.29, 0.717) is 12.6 Å². The largest absolute Gasteiger partial charge is 0.354 e. The van der Waals surface area contributed by atoms with Gasteiger partial charge >= 0.3 is 0 Å². The van der Waals surface area contributed by atoms with Crippen molar-refractivity contribution in [3.05, 3.63) is 69.9 Å². The van der Waals surface area contributed by atoms with Gasteiger partial charge in [-0.05, 0) is 48.2 Å². The van der Waals surface area contributed by atoms with Gasteiger partial charge in [0, 0.05) is 43.7 Å². The maximum Gasteiger partial charge on any atom is 0.191 e. The van der Waals surface area contributed by atoms with Crippen LogP contribution in [-0.2, 0) is 13.1 Å². The van der Waals surface area contributed by atoms with Crippen molar-refractivity contribution in [3.8, 4) is 0 Å². The highest BCUT2D eigenvalue weighted by molar-refractivity contribution is 9.10. The van der Waals surface area contributed by atoms with E-state index in [9.17, 15) is 4.39 Å². The molecule has 0 unspecified atom stereocenters. The van der Waals surface area contributed by atoms with Gasteiger partial charge in [0.15, 0.2) is 5.96 Å². The first kappa shape index (κ1) is 19.8. The number of rotatable bonds is 5. The van der Waals surface area contributed by atoms with Gasteiger partial charge < -0.3 is 10.6 Å².